The molecule has 2 aliphatic heterocycles. The van der Waals surface area contributed by atoms with Crippen LogP contribution in [0.2, 0.25) is 0 Å². The zero-order valence-electron chi connectivity index (χ0n) is 10.2. The first kappa shape index (κ1) is 11.9. The quantitative estimate of drug-likeness (QED) is 0.703. The van der Waals surface area contributed by atoms with Crippen molar-refractivity contribution in [2.75, 3.05) is 26.2 Å². The Kier molecular flexibility index (Phi) is 3.82. The lowest BCUT2D eigenvalue weighted by Gasteiger charge is -2.41. The highest BCUT2D eigenvalue weighted by atomic mass is 16.2. The molecular weight excluding hydrogens is 202 g/mol. The molecular formula is C12H23N3O. The summed E-state index contributed by atoms with van der Waals surface area (Å²) < 4.78 is 0. The van der Waals surface area contributed by atoms with Gasteiger partial charge in [0.15, 0.2) is 0 Å². The van der Waals surface area contributed by atoms with Crippen LogP contribution in [0, 0.1) is 0 Å². The van der Waals surface area contributed by atoms with Crippen molar-refractivity contribution in [3.63, 3.8) is 0 Å². The molecule has 2 fully saturated rings. The van der Waals surface area contributed by atoms with E-state index in [1.165, 1.54) is 19.4 Å². The number of nitrogens with two attached hydrogens (primary N) is 1. The molecule has 1 unspecified atom stereocenters. The van der Waals surface area contributed by atoms with Gasteiger partial charge in [-0.3, -0.25) is 9.69 Å². The van der Waals surface area contributed by atoms with Crippen molar-refractivity contribution in [1.29, 1.82) is 0 Å². The molecule has 2 N–H and O–H groups in total. The first-order valence-corrected chi connectivity index (χ1v) is 6.42. The van der Waals surface area contributed by atoms with Gasteiger partial charge in [-0.25, -0.2) is 0 Å². The fourth-order valence-electron chi connectivity index (χ4n) is 2.92. The van der Waals surface area contributed by atoms with E-state index in [0.29, 0.717) is 12.1 Å². The normalized spacial score (nSPS) is 29.4. The molecule has 2 rings (SSSR count). The number of likely N-dealkylation sites (tertiary alicyclic amines) is 2. The molecule has 1 atom stereocenters. The van der Waals surface area contributed by atoms with Gasteiger partial charge in [0.05, 0.1) is 0 Å². The minimum atomic E-state index is 0.216. The summed E-state index contributed by atoms with van der Waals surface area (Å²) in [7, 11) is 0. The van der Waals surface area contributed by atoms with E-state index in [2.05, 4.69) is 4.90 Å². The van der Waals surface area contributed by atoms with E-state index < -0.39 is 0 Å². The van der Waals surface area contributed by atoms with Gasteiger partial charge < -0.3 is 10.6 Å². The van der Waals surface area contributed by atoms with E-state index in [-0.39, 0.29) is 5.91 Å². The van der Waals surface area contributed by atoms with E-state index in [9.17, 15) is 4.79 Å². The first-order chi connectivity index (χ1) is 7.66. The maximum absolute atomic E-state index is 11.2. The molecule has 0 radical (unpaired) electrons. The number of hydrogen-bond donors (Lipinski definition) is 1. The van der Waals surface area contributed by atoms with Gasteiger partial charge in [-0.15, -0.1) is 0 Å². The van der Waals surface area contributed by atoms with Crippen molar-refractivity contribution < 1.29 is 4.79 Å². The second kappa shape index (κ2) is 5.15. The van der Waals surface area contributed by atoms with Crippen LogP contribution in [0.3, 0.4) is 0 Å². The Morgan fingerprint density at radius 2 is 1.88 bits per heavy atom. The Bertz CT molecular complexity index is 249. The zero-order chi connectivity index (χ0) is 11.5. The van der Waals surface area contributed by atoms with Gasteiger partial charge in [-0.1, -0.05) is 0 Å². The van der Waals surface area contributed by atoms with Crippen LogP contribution in [0.25, 0.3) is 0 Å². The standard InChI is InChI=1S/C12H23N3O/c1-10(16)14-7-4-12(5-8-14)15-6-2-3-11(13)9-15/h11-12H,2-9,13H2,1H3. The third-order valence-corrected chi connectivity index (χ3v) is 3.92. The summed E-state index contributed by atoms with van der Waals surface area (Å²) in [5.41, 5.74) is 6.00. The second-order valence-electron chi connectivity index (χ2n) is 5.13. The summed E-state index contributed by atoms with van der Waals surface area (Å²) in [5, 5.41) is 0. The number of carbonyl (C=O) groups is 1. The lowest BCUT2D eigenvalue weighted by Crippen LogP contribution is -2.51. The molecule has 0 aliphatic carbocycles. The van der Waals surface area contributed by atoms with Crippen LogP contribution in [0.15, 0.2) is 0 Å². The molecule has 0 aromatic heterocycles. The molecule has 16 heavy (non-hydrogen) atoms. The monoisotopic (exact) mass is 225 g/mol. The van der Waals surface area contributed by atoms with Gasteiger partial charge in [-0.05, 0) is 32.2 Å². The summed E-state index contributed by atoms with van der Waals surface area (Å²) in [6, 6.07) is 1.02. The highest BCUT2D eigenvalue weighted by Crippen LogP contribution is 2.20. The van der Waals surface area contributed by atoms with Crippen LogP contribution in [-0.2, 0) is 4.79 Å². The zero-order valence-corrected chi connectivity index (χ0v) is 10.2. The lowest BCUT2D eigenvalue weighted by molar-refractivity contribution is -0.130. The molecule has 0 spiro atoms. The van der Waals surface area contributed by atoms with E-state index in [1.54, 1.807) is 6.92 Å². The first-order valence-electron chi connectivity index (χ1n) is 6.42. The van der Waals surface area contributed by atoms with Crippen molar-refractivity contribution in [3.05, 3.63) is 0 Å². The summed E-state index contributed by atoms with van der Waals surface area (Å²) in [5.74, 6) is 0.216. The molecule has 2 aliphatic rings. The number of carbonyl (C=O) groups excluding carboxylic acids is 1. The Morgan fingerprint density at radius 3 is 2.44 bits per heavy atom. The van der Waals surface area contributed by atoms with Crippen LogP contribution in [0.4, 0.5) is 0 Å². The van der Waals surface area contributed by atoms with Crippen molar-refractivity contribution >= 4 is 5.91 Å². The molecule has 1 amide bonds. The highest BCUT2D eigenvalue weighted by molar-refractivity contribution is 5.73. The SMILES string of the molecule is CC(=O)N1CCC(N2CCCC(N)C2)CC1. The molecule has 0 aromatic rings. The number of amides is 1. The summed E-state index contributed by atoms with van der Waals surface area (Å²) in [6.07, 6.45) is 4.63. The summed E-state index contributed by atoms with van der Waals surface area (Å²) >= 11 is 0. The average Bonchev–Trinajstić information content (AvgIpc) is 2.29. The number of hydrogen-bond acceptors (Lipinski definition) is 3. The highest BCUT2D eigenvalue weighted by Gasteiger charge is 2.28. The van der Waals surface area contributed by atoms with Crippen molar-refractivity contribution in [3.8, 4) is 0 Å². The predicted octanol–water partition coefficient (Wildman–Crippen LogP) is 0.420. The molecule has 2 heterocycles. The number of piperidine rings is 2. The topological polar surface area (TPSA) is 49.6 Å². The van der Waals surface area contributed by atoms with Gasteiger partial charge >= 0.3 is 0 Å². The van der Waals surface area contributed by atoms with Gasteiger partial charge in [-0.2, -0.15) is 0 Å². The largest absolute Gasteiger partial charge is 0.343 e. The molecule has 4 heteroatoms. The minimum absolute atomic E-state index is 0.216. The van der Waals surface area contributed by atoms with Gasteiger partial charge in [0.25, 0.3) is 0 Å². The molecule has 92 valence electrons. The fraction of sp³-hybridized carbons (Fsp3) is 0.917. The Hall–Kier alpha value is -0.610. The van der Waals surface area contributed by atoms with Gasteiger partial charge in [0.1, 0.15) is 0 Å². The third kappa shape index (κ3) is 2.74. The fourth-order valence-corrected chi connectivity index (χ4v) is 2.92. The smallest absolute Gasteiger partial charge is 0.219 e. The summed E-state index contributed by atoms with van der Waals surface area (Å²) in [4.78, 5) is 15.7. The average molecular weight is 225 g/mol. The minimum Gasteiger partial charge on any atom is -0.343 e. The van der Waals surface area contributed by atoms with Crippen LogP contribution < -0.4 is 5.73 Å². The van der Waals surface area contributed by atoms with E-state index in [4.69, 9.17) is 5.73 Å². The van der Waals surface area contributed by atoms with Crippen molar-refractivity contribution in [1.82, 2.24) is 9.80 Å². The third-order valence-electron chi connectivity index (χ3n) is 3.92. The second-order valence-corrected chi connectivity index (χ2v) is 5.13. The van der Waals surface area contributed by atoms with Crippen LogP contribution in [0.5, 0.6) is 0 Å². The Labute approximate surface area is 97.8 Å². The number of rotatable bonds is 1. The maximum Gasteiger partial charge on any atom is 0.219 e. The van der Waals surface area contributed by atoms with Crippen molar-refractivity contribution in [2.45, 2.75) is 44.7 Å². The predicted molar refractivity (Wildman–Crippen MR) is 64.1 cm³/mol. The number of nitrogens with zero attached hydrogens (tertiary/aromatic N) is 2. The van der Waals surface area contributed by atoms with Crippen molar-refractivity contribution in [2.24, 2.45) is 5.73 Å². The molecule has 0 saturated carbocycles. The molecule has 0 bridgehead atoms. The Balaban J connectivity index is 1.81. The van der Waals surface area contributed by atoms with Gasteiger partial charge in [0, 0.05) is 38.6 Å². The van der Waals surface area contributed by atoms with E-state index in [0.717, 1.165) is 32.5 Å². The van der Waals surface area contributed by atoms with E-state index in [1.807, 2.05) is 4.90 Å². The van der Waals surface area contributed by atoms with Crippen LogP contribution >= 0.6 is 0 Å². The lowest BCUT2D eigenvalue weighted by atomic mass is 9.98. The van der Waals surface area contributed by atoms with Gasteiger partial charge in [0.2, 0.25) is 5.91 Å². The van der Waals surface area contributed by atoms with E-state index >= 15 is 0 Å². The van der Waals surface area contributed by atoms with Crippen LogP contribution in [-0.4, -0.2) is 54.0 Å². The molecule has 2 saturated heterocycles. The Morgan fingerprint density at radius 1 is 1.19 bits per heavy atom. The molecule has 4 nitrogen and oxygen atoms in total. The summed E-state index contributed by atoms with van der Waals surface area (Å²) in [6.45, 7) is 5.75. The molecule has 0 aromatic carbocycles. The van der Waals surface area contributed by atoms with Crippen LogP contribution in [0.1, 0.15) is 32.6 Å². The maximum atomic E-state index is 11.2.